The summed E-state index contributed by atoms with van der Waals surface area (Å²) < 4.78 is 18.6. The van der Waals surface area contributed by atoms with Gasteiger partial charge in [-0.25, -0.2) is 4.98 Å². The highest BCUT2D eigenvalue weighted by Gasteiger charge is 2.23. The van der Waals surface area contributed by atoms with Crippen molar-refractivity contribution in [1.82, 2.24) is 9.38 Å². The zero-order chi connectivity index (χ0) is 21.5. The molecule has 3 aromatic heterocycles. The maximum atomic E-state index is 10.4. The van der Waals surface area contributed by atoms with Gasteiger partial charge in [-0.05, 0) is 57.2 Å². The number of aliphatic hydroxyl groups excluding tert-OH is 1. The largest absolute Gasteiger partial charge is 0.497 e. The van der Waals surface area contributed by atoms with Crippen molar-refractivity contribution in [3.05, 3.63) is 48.2 Å². The molecule has 1 atom stereocenters. The predicted octanol–water partition coefficient (Wildman–Crippen LogP) is 4.13. The Balaban J connectivity index is 1.84. The van der Waals surface area contributed by atoms with Crippen LogP contribution in [0.3, 0.4) is 0 Å². The molecule has 0 radical (unpaired) electrons. The van der Waals surface area contributed by atoms with Gasteiger partial charge in [-0.15, -0.1) is 0 Å². The number of rotatable bonds is 5. The van der Waals surface area contributed by atoms with Crippen LogP contribution in [0, 0.1) is 11.3 Å². The van der Waals surface area contributed by atoms with Crippen LogP contribution in [0.25, 0.3) is 28.1 Å². The van der Waals surface area contributed by atoms with Crippen molar-refractivity contribution >= 4 is 22.4 Å². The van der Waals surface area contributed by atoms with E-state index in [1.165, 1.54) is 0 Å². The number of methoxy groups -OCH3 is 1. The first-order valence-electron chi connectivity index (χ1n) is 9.40. The number of hydrogen-bond donors (Lipinski definition) is 2. The molecule has 4 rings (SSSR count). The van der Waals surface area contributed by atoms with Gasteiger partial charge in [0, 0.05) is 11.6 Å². The number of benzene rings is 1. The van der Waals surface area contributed by atoms with Crippen molar-refractivity contribution in [1.29, 1.82) is 5.26 Å². The molecular formula is C22H22N4O4. The van der Waals surface area contributed by atoms with Gasteiger partial charge in [0.25, 0.3) is 0 Å². The zero-order valence-electron chi connectivity index (χ0n) is 17.1. The monoisotopic (exact) mass is 406 g/mol. The Bertz CT molecular complexity index is 1260. The van der Waals surface area contributed by atoms with Crippen LogP contribution in [0.1, 0.15) is 26.3 Å². The number of furan rings is 1. The number of nitriles is 1. The quantitative estimate of drug-likeness (QED) is 0.480. The Hall–Kier alpha value is -3.54. The summed E-state index contributed by atoms with van der Waals surface area (Å²) in [4.78, 5) is 4.64. The second kappa shape index (κ2) is 7.37. The number of imidazole rings is 1. The summed E-state index contributed by atoms with van der Waals surface area (Å²) >= 11 is 0. The maximum absolute atomic E-state index is 10.4. The molecule has 0 aliphatic rings. The highest BCUT2D eigenvalue weighted by Crippen LogP contribution is 2.35. The molecule has 2 N–H and O–H groups in total. The smallest absolute Gasteiger partial charge is 0.237 e. The molecule has 30 heavy (non-hydrogen) atoms. The Morgan fingerprint density at radius 1 is 1.23 bits per heavy atom. The molecule has 0 fully saturated rings. The van der Waals surface area contributed by atoms with E-state index in [0.29, 0.717) is 34.1 Å². The lowest BCUT2D eigenvalue weighted by molar-refractivity contribution is -0.148. The fourth-order valence-corrected chi connectivity index (χ4v) is 3.17. The summed E-state index contributed by atoms with van der Waals surface area (Å²) in [6, 6.07) is 12.8. The normalized spacial score (nSPS) is 12.8. The molecule has 0 saturated carbocycles. The number of ether oxygens (including phenoxy) is 2. The van der Waals surface area contributed by atoms with Crippen LogP contribution in [-0.4, -0.2) is 33.6 Å². The van der Waals surface area contributed by atoms with Crippen molar-refractivity contribution in [2.75, 3.05) is 12.4 Å². The maximum Gasteiger partial charge on any atom is 0.237 e. The van der Waals surface area contributed by atoms with Crippen LogP contribution >= 0.6 is 0 Å². The molecule has 0 amide bonds. The topological polar surface area (TPSA) is 105 Å². The van der Waals surface area contributed by atoms with E-state index < -0.39 is 12.0 Å². The van der Waals surface area contributed by atoms with Gasteiger partial charge in [0.2, 0.25) is 6.41 Å². The van der Waals surface area contributed by atoms with Crippen LogP contribution in [0.5, 0.6) is 5.75 Å². The zero-order valence-corrected chi connectivity index (χ0v) is 17.1. The van der Waals surface area contributed by atoms with Gasteiger partial charge in [-0.1, -0.05) is 0 Å². The second-order valence-electron chi connectivity index (χ2n) is 7.81. The summed E-state index contributed by atoms with van der Waals surface area (Å²) in [6.07, 6.45) is 0.436. The second-order valence-corrected chi connectivity index (χ2v) is 7.81. The summed E-state index contributed by atoms with van der Waals surface area (Å²) in [7, 11) is 1.61. The molecule has 1 aromatic carbocycles. The molecular weight excluding hydrogens is 384 g/mol. The summed E-state index contributed by atoms with van der Waals surface area (Å²) in [6.45, 7) is 5.54. The van der Waals surface area contributed by atoms with Crippen LogP contribution in [0.2, 0.25) is 0 Å². The minimum Gasteiger partial charge on any atom is -0.497 e. The van der Waals surface area contributed by atoms with Crippen molar-refractivity contribution in [3.8, 4) is 23.3 Å². The molecule has 0 bridgehead atoms. The van der Waals surface area contributed by atoms with Gasteiger partial charge in [0.05, 0.1) is 24.3 Å². The molecule has 1 unspecified atom stereocenters. The molecule has 0 aliphatic heterocycles. The average molecular weight is 406 g/mol. The standard InChI is InChI=1S/C22H22N4O4/c1-22(2,3)30-21(27)25-20-19(24-18-9-13(12-23)7-8-26(18)20)17-11-14-10-15(28-4)5-6-16(14)29-17/h5-11,21,25,27H,1-4H3. The summed E-state index contributed by atoms with van der Waals surface area (Å²) in [5.74, 6) is 1.71. The number of pyridine rings is 1. The van der Waals surface area contributed by atoms with E-state index in [0.717, 1.165) is 11.1 Å². The third-order valence-electron chi connectivity index (χ3n) is 4.44. The van der Waals surface area contributed by atoms with Gasteiger partial charge in [0.15, 0.2) is 5.76 Å². The Morgan fingerprint density at radius 3 is 2.73 bits per heavy atom. The van der Waals surface area contributed by atoms with Crippen LogP contribution < -0.4 is 10.1 Å². The minimum atomic E-state index is -1.27. The van der Waals surface area contributed by atoms with Gasteiger partial charge in [-0.3, -0.25) is 4.40 Å². The number of nitrogens with one attached hydrogen (secondary N) is 1. The Labute approximate surface area is 173 Å². The third-order valence-corrected chi connectivity index (χ3v) is 4.44. The highest BCUT2D eigenvalue weighted by atomic mass is 16.6. The average Bonchev–Trinajstić information content (AvgIpc) is 3.26. The first kappa shape index (κ1) is 19.8. The van der Waals surface area contributed by atoms with Gasteiger partial charge in [-0.2, -0.15) is 5.26 Å². The molecule has 154 valence electrons. The molecule has 3 heterocycles. The number of anilines is 1. The van der Waals surface area contributed by atoms with E-state index in [1.807, 2.05) is 45.0 Å². The fourth-order valence-electron chi connectivity index (χ4n) is 3.17. The Kier molecular flexibility index (Phi) is 4.86. The number of fused-ring (bicyclic) bond motifs is 2. The molecule has 8 nitrogen and oxygen atoms in total. The lowest BCUT2D eigenvalue weighted by atomic mass is 10.2. The molecule has 0 spiro atoms. The number of hydrogen-bond acceptors (Lipinski definition) is 7. The highest BCUT2D eigenvalue weighted by molar-refractivity contribution is 5.86. The molecule has 4 aromatic rings. The minimum absolute atomic E-state index is 0.478. The SMILES string of the molecule is COc1ccc2oc(-c3nc4cc(C#N)ccn4c3NC(O)OC(C)(C)C)cc2c1. The van der Waals surface area contributed by atoms with Crippen molar-refractivity contribution in [2.24, 2.45) is 0 Å². The van der Waals surface area contributed by atoms with Crippen molar-refractivity contribution < 1.29 is 19.0 Å². The molecule has 0 aliphatic carbocycles. The van der Waals surface area contributed by atoms with Gasteiger partial charge in [0.1, 0.15) is 28.5 Å². The number of aromatic nitrogens is 2. The van der Waals surface area contributed by atoms with Crippen LogP contribution in [0.15, 0.2) is 47.0 Å². The first-order chi connectivity index (χ1) is 14.3. The van der Waals surface area contributed by atoms with Gasteiger partial charge < -0.3 is 24.3 Å². The number of nitrogens with zero attached hydrogens (tertiary/aromatic N) is 3. The summed E-state index contributed by atoms with van der Waals surface area (Å²) in [5.41, 5.74) is 1.62. The van der Waals surface area contributed by atoms with E-state index in [4.69, 9.17) is 13.9 Å². The lowest BCUT2D eigenvalue weighted by Crippen LogP contribution is -2.33. The van der Waals surface area contributed by atoms with E-state index >= 15 is 0 Å². The van der Waals surface area contributed by atoms with E-state index in [9.17, 15) is 10.4 Å². The predicted molar refractivity (Wildman–Crippen MR) is 112 cm³/mol. The van der Waals surface area contributed by atoms with Crippen LogP contribution in [-0.2, 0) is 4.74 Å². The Morgan fingerprint density at radius 2 is 2.03 bits per heavy atom. The van der Waals surface area contributed by atoms with Crippen molar-refractivity contribution in [3.63, 3.8) is 0 Å². The van der Waals surface area contributed by atoms with Crippen LogP contribution in [0.4, 0.5) is 5.82 Å². The van der Waals surface area contributed by atoms with Gasteiger partial charge >= 0.3 is 0 Å². The first-order valence-corrected chi connectivity index (χ1v) is 9.40. The molecule has 8 heteroatoms. The molecule has 0 saturated heterocycles. The fraction of sp³-hybridized carbons (Fsp3) is 0.273. The van der Waals surface area contributed by atoms with Crippen molar-refractivity contribution in [2.45, 2.75) is 32.8 Å². The third kappa shape index (κ3) is 3.81. The lowest BCUT2D eigenvalue weighted by Gasteiger charge is -2.24. The van der Waals surface area contributed by atoms with E-state index in [2.05, 4.69) is 16.4 Å². The van der Waals surface area contributed by atoms with E-state index in [-0.39, 0.29) is 0 Å². The number of aliphatic hydroxyl groups is 1. The summed E-state index contributed by atoms with van der Waals surface area (Å²) in [5, 5.41) is 23.5. The van der Waals surface area contributed by atoms with E-state index in [1.54, 1.807) is 29.8 Å².